The second-order valence-electron chi connectivity index (χ2n) is 3.54. The molecule has 1 N–H and O–H groups in total. The molecule has 1 rings (SSSR count). The third kappa shape index (κ3) is 3.19. The Bertz CT molecular complexity index is 545. The van der Waals surface area contributed by atoms with Crippen LogP contribution in [0, 0.1) is 11.3 Å². The molecule has 0 aliphatic carbocycles. The number of alkyl halides is 5. The summed E-state index contributed by atoms with van der Waals surface area (Å²) in [6.07, 6.45) is -9.38. The van der Waals surface area contributed by atoms with Crippen molar-refractivity contribution in [1.29, 1.82) is 5.26 Å². The summed E-state index contributed by atoms with van der Waals surface area (Å²) in [4.78, 5) is 10.5. The van der Waals surface area contributed by atoms with Gasteiger partial charge in [0.25, 0.3) is 6.43 Å². The zero-order valence-corrected chi connectivity index (χ0v) is 9.13. The smallest absolute Gasteiger partial charge is 0.416 e. The van der Waals surface area contributed by atoms with Crippen molar-refractivity contribution in [3.63, 3.8) is 0 Å². The fourth-order valence-electron chi connectivity index (χ4n) is 1.58. The van der Waals surface area contributed by atoms with Crippen LogP contribution >= 0.6 is 0 Å². The van der Waals surface area contributed by atoms with Gasteiger partial charge >= 0.3 is 12.1 Å². The molecule has 0 amide bonds. The van der Waals surface area contributed by atoms with Gasteiger partial charge in [0.1, 0.15) is 0 Å². The number of carbonyl (C=O) groups is 1. The molecule has 0 radical (unpaired) electrons. The van der Waals surface area contributed by atoms with E-state index in [4.69, 9.17) is 10.4 Å². The van der Waals surface area contributed by atoms with E-state index in [-0.39, 0.29) is 5.56 Å². The Hall–Kier alpha value is -2.17. The number of nitriles is 1. The average Bonchev–Trinajstić information content (AvgIpc) is 2.25. The van der Waals surface area contributed by atoms with Gasteiger partial charge in [0, 0.05) is 5.56 Å². The van der Waals surface area contributed by atoms with Crippen molar-refractivity contribution in [2.45, 2.75) is 19.0 Å². The molecule has 8 heteroatoms. The quantitative estimate of drug-likeness (QED) is 0.864. The lowest BCUT2D eigenvalue weighted by Crippen LogP contribution is -2.14. The Labute approximate surface area is 103 Å². The molecule has 3 nitrogen and oxygen atoms in total. The summed E-state index contributed by atoms with van der Waals surface area (Å²) < 4.78 is 63.1. The number of rotatable bonds is 3. The van der Waals surface area contributed by atoms with Crippen LogP contribution in [-0.4, -0.2) is 11.1 Å². The van der Waals surface area contributed by atoms with Gasteiger partial charge in [-0.1, -0.05) is 6.07 Å². The number of aliphatic carboxylic acids is 1. The molecule has 102 valence electrons. The molecule has 0 saturated heterocycles. The van der Waals surface area contributed by atoms with Crippen LogP contribution in [0.15, 0.2) is 12.1 Å². The minimum Gasteiger partial charge on any atom is -0.481 e. The normalized spacial score (nSPS) is 11.4. The number of carboxylic acids is 1. The third-order valence-electron chi connectivity index (χ3n) is 2.31. The minimum absolute atomic E-state index is 0.362. The first-order valence-electron chi connectivity index (χ1n) is 4.81. The number of carboxylic acid groups (broad SMARTS) is 1. The molecule has 0 spiro atoms. The summed E-state index contributed by atoms with van der Waals surface area (Å²) in [5.74, 6) is -1.43. The molecule has 0 heterocycles. The Morgan fingerprint density at radius 1 is 1.37 bits per heavy atom. The molecule has 0 fully saturated rings. The molecule has 0 aliphatic heterocycles. The molecule has 19 heavy (non-hydrogen) atoms. The molecule has 1 aromatic rings. The molecule has 1 aromatic carbocycles. The SMILES string of the molecule is N#Cc1c(CC(=O)O)ccc(C(F)(F)F)c1C(F)F. The number of hydrogen-bond acceptors (Lipinski definition) is 2. The van der Waals surface area contributed by atoms with Gasteiger partial charge in [-0.3, -0.25) is 4.79 Å². The van der Waals surface area contributed by atoms with E-state index in [1.54, 1.807) is 0 Å². The Morgan fingerprint density at radius 2 is 1.95 bits per heavy atom. The van der Waals surface area contributed by atoms with Crippen LogP contribution in [0.1, 0.15) is 28.7 Å². The van der Waals surface area contributed by atoms with Crippen molar-refractivity contribution in [3.8, 4) is 6.07 Å². The van der Waals surface area contributed by atoms with Crippen LogP contribution in [0.2, 0.25) is 0 Å². The van der Waals surface area contributed by atoms with Crippen LogP contribution in [0.25, 0.3) is 0 Å². The highest BCUT2D eigenvalue weighted by molar-refractivity contribution is 5.72. The maximum atomic E-state index is 12.7. The first-order chi connectivity index (χ1) is 8.68. The monoisotopic (exact) mass is 279 g/mol. The molecule has 0 unspecified atom stereocenters. The summed E-state index contributed by atoms with van der Waals surface area (Å²) in [6, 6.07) is 2.31. The fourth-order valence-corrected chi connectivity index (χ4v) is 1.58. The van der Waals surface area contributed by atoms with Gasteiger partial charge < -0.3 is 5.11 Å². The summed E-state index contributed by atoms with van der Waals surface area (Å²) in [5, 5.41) is 17.2. The lowest BCUT2D eigenvalue weighted by molar-refractivity contribution is -0.139. The van der Waals surface area contributed by atoms with Gasteiger partial charge in [0.15, 0.2) is 0 Å². The van der Waals surface area contributed by atoms with E-state index in [1.165, 1.54) is 6.07 Å². The van der Waals surface area contributed by atoms with E-state index < -0.39 is 41.7 Å². The first-order valence-corrected chi connectivity index (χ1v) is 4.81. The highest BCUT2D eigenvalue weighted by atomic mass is 19.4. The number of halogens is 5. The largest absolute Gasteiger partial charge is 0.481 e. The topological polar surface area (TPSA) is 61.1 Å². The van der Waals surface area contributed by atoms with E-state index in [1.807, 2.05) is 0 Å². The minimum atomic E-state index is -5.04. The standard InChI is InChI=1S/C11H6F5NO2/c12-10(13)9-6(4-17)5(3-8(18)19)1-2-7(9)11(14,15)16/h1-2,10H,3H2,(H,18,19). The second kappa shape index (κ2) is 5.22. The zero-order valence-electron chi connectivity index (χ0n) is 9.13. The van der Waals surface area contributed by atoms with E-state index in [9.17, 15) is 26.7 Å². The third-order valence-corrected chi connectivity index (χ3v) is 2.31. The second-order valence-corrected chi connectivity index (χ2v) is 3.54. The lowest BCUT2D eigenvalue weighted by atomic mass is 9.95. The first kappa shape index (κ1) is 14.9. The Kier molecular flexibility index (Phi) is 4.09. The van der Waals surface area contributed by atoms with Crippen molar-refractivity contribution >= 4 is 5.97 Å². The number of benzene rings is 1. The predicted molar refractivity (Wildman–Crippen MR) is 52.5 cm³/mol. The molecule has 0 saturated carbocycles. The fraction of sp³-hybridized carbons (Fsp3) is 0.273. The zero-order chi connectivity index (χ0) is 14.8. The van der Waals surface area contributed by atoms with Crippen molar-refractivity contribution in [2.75, 3.05) is 0 Å². The van der Waals surface area contributed by atoms with E-state index in [0.717, 1.165) is 6.07 Å². The van der Waals surface area contributed by atoms with Gasteiger partial charge in [-0.25, -0.2) is 8.78 Å². The van der Waals surface area contributed by atoms with Crippen molar-refractivity contribution in [2.24, 2.45) is 0 Å². The van der Waals surface area contributed by atoms with Gasteiger partial charge in [0.05, 0.1) is 23.6 Å². The molecular formula is C11H6F5NO2. The van der Waals surface area contributed by atoms with Gasteiger partial charge in [-0.2, -0.15) is 18.4 Å². The van der Waals surface area contributed by atoms with Gasteiger partial charge in [-0.05, 0) is 11.6 Å². The highest BCUT2D eigenvalue weighted by Gasteiger charge is 2.37. The summed E-state index contributed by atoms with van der Waals surface area (Å²) in [7, 11) is 0. The lowest BCUT2D eigenvalue weighted by Gasteiger charge is -2.15. The van der Waals surface area contributed by atoms with E-state index >= 15 is 0 Å². The Balaban J connectivity index is 3.58. The number of nitrogens with zero attached hydrogens (tertiary/aromatic N) is 1. The summed E-state index contributed by atoms with van der Waals surface area (Å²) in [6.45, 7) is 0. The highest BCUT2D eigenvalue weighted by Crippen LogP contribution is 2.39. The molecular weight excluding hydrogens is 273 g/mol. The van der Waals surface area contributed by atoms with Crippen molar-refractivity contribution in [1.82, 2.24) is 0 Å². The van der Waals surface area contributed by atoms with Gasteiger partial charge in [0.2, 0.25) is 0 Å². The van der Waals surface area contributed by atoms with Crippen LogP contribution in [0.3, 0.4) is 0 Å². The van der Waals surface area contributed by atoms with Crippen LogP contribution < -0.4 is 0 Å². The molecule has 0 aliphatic rings. The van der Waals surface area contributed by atoms with Crippen LogP contribution in [0.4, 0.5) is 22.0 Å². The Morgan fingerprint density at radius 3 is 2.32 bits per heavy atom. The van der Waals surface area contributed by atoms with Crippen molar-refractivity contribution < 1.29 is 31.9 Å². The average molecular weight is 279 g/mol. The summed E-state index contributed by atoms with van der Waals surface area (Å²) in [5.41, 5.74) is -4.42. The molecule has 0 atom stereocenters. The van der Waals surface area contributed by atoms with Crippen molar-refractivity contribution in [3.05, 3.63) is 34.4 Å². The predicted octanol–water partition coefficient (Wildman–Crippen LogP) is 3.14. The molecule has 0 aromatic heterocycles. The van der Waals surface area contributed by atoms with E-state index in [0.29, 0.717) is 6.07 Å². The van der Waals surface area contributed by atoms with Crippen LogP contribution in [0.5, 0.6) is 0 Å². The van der Waals surface area contributed by atoms with E-state index in [2.05, 4.69) is 0 Å². The maximum Gasteiger partial charge on any atom is 0.416 e. The number of hydrogen-bond donors (Lipinski definition) is 1. The molecule has 0 bridgehead atoms. The van der Waals surface area contributed by atoms with Gasteiger partial charge in [-0.15, -0.1) is 0 Å². The summed E-state index contributed by atoms with van der Waals surface area (Å²) >= 11 is 0. The van der Waals surface area contributed by atoms with Crippen LogP contribution in [-0.2, 0) is 17.4 Å². The maximum absolute atomic E-state index is 12.7.